The van der Waals surface area contributed by atoms with Gasteiger partial charge in [0.1, 0.15) is 11.6 Å². The van der Waals surface area contributed by atoms with E-state index < -0.39 is 5.91 Å². The number of anilines is 1. The lowest BCUT2D eigenvalue weighted by Gasteiger charge is -2.09. The van der Waals surface area contributed by atoms with Gasteiger partial charge in [-0.2, -0.15) is 0 Å². The van der Waals surface area contributed by atoms with Gasteiger partial charge in [0.15, 0.2) is 6.61 Å². The van der Waals surface area contributed by atoms with Crippen LogP contribution in [0.4, 0.5) is 5.82 Å². The second kappa shape index (κ2) is 8.14. The van der Waals surface area contributed by atoms with Gasteiger partial charge < -0.3 is 15.4 Å². The third kappa shape index (κ3) is 5.60. The van der Waals surface area contributed by atoms with Gasteiger partial charge in [-0.3, -0.25) is 9.59 Å². The van der Waals surface area contributed by atoms with Crippen molar-refractivity contribution in [3.05, 3.63) is 53.2 Å². The molecule has 1 heterocycles. The first kappa shape index (κ1) is 16.8. The fourth-order valence-corrected chi connectivity index (χ4v) is 1.83. The summed E-state index contributed by atoms with van der Waals surface area (Å²) >= 11 is 5.75. The predicted molar refractivity (Wildman–Crippen MR) is 87.6 cm³/mol. The number of halogens is 1. The summed E-state index contributed by atoms with van der Waals surface area (Å²) in [6, 6.07) is 10.3. The van der Waals surface area contributed by atoms with Crippen LogP contribution in [0.3, 0.4) is 0 Å². The Kier molecular flexibility index (Phi) is 5.94. The number of ether oxygens (including phenoxy) is 1. The number of nitrogens with one attached hydrogen (secondary N) is 2. The van der Waals surface area contributed by atoms with Crippen molar-refractivity contribution in [2.45, 2.75) is 6.92 Å². The van der Waals surface area contributed by atoms with Gasteiger partial charge in [-0.05, 0) is 42.8 Å². The standard InChI is InChI=1S/C16H16ClN3O3/c1-11-3-2-8-18-16(11)20-14(21)9-19-15(22)10-23-13-6-4-12(17)5-7-13/h2-8H,9-10H2,1H3,(H,19,22)(H,18,20,21). The number of hydrogen-bond acceptors (Lipinski definition) is 4. The topological polar surface area (TPSA) is 80.3 Å². The molecule has 0 saturated carbocycles. The summed E-state index contributed by atoms with van der Waals surface area (Å²) in [5.74, 6) is 0.252. The number of aromatic nitrogens is 1. The van der Waals surface area contributed by atoms with Crippen LogP contribution in [0.1, 0.15) is 5.56 Å². The van der Waals surface area contributed by atoms with E-state index in [2.05, 4.69) is 15.6 Å². The van der Waals surface area contributed by atoms with Gasteiger partial charge in [0, 0.05) is 11.2 Å². The molecular formula is C16H16ClN3O3. The van der Waals surface area contributed by atoms with E-state index >= 15 is 0 Å². The summed E-state index contributed by atoms with van der Waals surface area (Å²) < 4.78 is 5.28. The van der Waals surface area contributed by atoms with Crippen LogP contribution in [-0.2, 0) is 9.59 Å². The lowest BCUT2D eigenvalue weighted by atomic mass is 10.3. The Balaban J connectivity index is 1.72. The van der Waals surface area contributed by atoms with Crippen LogP contribution in [0.15, 0.2) is 42.6 Å². The fraction of sp³-hybridized carbons (Fsp3) is 0.188. The second-order valence-corrected chi connectivity index (χ2v) is 5.17. The smallest absolute Gasteiger partial charge is 0.258 e. The molecule has 2 aromatic rings. The number of carbonyl (C=O) groups is 2. The molecule has 0 radical (unpaired) electrons. The van der Waals surface area contributed by atoms with Gasteiger partial charge >= 0.3 is 0 Å². The van der Waals surface area contributed by atoms with E-state index in [0.29, 0.717) is 16.6 Å². The highest BCUT2D eigenvalue weighted by Gasteiger charge is 2.08. The molecular weight excluding hydrogens is 318 g/mol. The van der Waals surface area contributed by atoms with Crippen LogP contribution in [0.2, 0.25) is 5.02 Å². The molecule has 120 valence electrons. The number of nitrogens with zero attached hydrogens (tertiary/aromatic N) is 1. The summed E-state index contributed by atoms with van der Waals surface area (Å²) in [6.45, 7) is 1.50. The predicted octanol–water partition coefficient (Wildman–Crippen LogP) is 2.18. The molecule has 0 bridgehead atoms. The first-order valence-electron chi connectivity index (χ1n) is 6.91. The molecule has 0 atom stereocenters. The van der Waals surface area contributed by atoms with Crippen molar-refractivity contribution in [3.8, 4) is 5.75 Å². The van der Waals surface area contributed by atoms with Crippen LogP contribution in [0.5, 0.6) is 5.75 Å². The molecule has 0 aliphatic rings. The van der Waals surface area contributed by atoms with Crippen molar-refractivity contribution in [1.29, 1.82) is 0 Å². The fourth-order valence-electron chi connectivity index (χ4n) is 1.70. The van der Waals surface area contributed by atoms with Crippen LogP contribution in [-0.4, -0.2) is 29.9 Å². The van der Waals surface area contributed by atoms with Crippen molar-refractivity contribution >= 4 is 29.2 Å². The van der Waals surface area contributed by atoms with Gasteiger partial charge in [-0.1, -0.05) is 17.7 Å². The normalized spacial score (nSPS) is 10.0. The first-order valence-corrected chi connectivity index (χ1v) is 7.29. The van der Waals surface area contributed by atoms with E-state index in [9.17, 15) is 9.59 Å². The van der Waals surface area contributed by atoms with Crippen molar-refractivity contribution in [2.75, 3.05) is 18.5 Å². The highest BCUT2D eigenvalue weighted by molar-refractivity contribution is 6.30. The lowest BCUT2D eigenvalue weighted by molar-refractivity contribution is -0.125. The Labute approximate surface area is 138 Å². The highest BCUT2D eigenvalue weighted by atomic mass is 35.5. The Hall–Kier alpha value is -2.60. The van der Waals surface area contributed by atoms with E-state index in [1.54, 1.807) is 36.5 Å². The van der Waals surface area contributed by atoms with Gasteiger partial charge in [-0.25, -0.2) is 4.98 Å². The van der Waals surface area contributed by atoms with Gasteiger partial charge in [0.05, 0.1) is 6.54 Å². The summed E-state index contributed by atoms with van der Waals surface area (Å²) in [4.78, 5) is 27.5. The molecule has 0 aliphatic heterocycles. The minimum atomic E-state index is -0.396. The molecule has 1 aromatic heterocycles. The molecule has 7 heteroatoms. The van der Waals surface area contributed by atoms with Crippen LogP contribution in [0.25, 0.3) is 0 Å². The Morgan fingerprint density at radius 2 is 1.91 bits per heavy atom. The number of pyridine rings is 1. The zero-order chi connectivity index (χ0) is 16.7. The minimum absolute atomic E-state index is 0.154. The van der Waals surface area contributed by atoms with E-state index in [0.717, 1.165) is 5.56 Å². The summed E-state index contributed by atoms with van der Waals surface area (Å²) in [6.07, 6.45) is 1.58. The number of hydrogen-bond donors (Lipinski definition) is 2. The largest absolute Gasteiger partial charge is 0.484 e. The molecule has 2 amide bonds. The van der Waals surface area contributed by atoms with Gasteiger partial charge in [-0.15, -0.1) is 0 Å². The van der Waals surface area contributed by atoms with E-state index in [-0.39, 0.29) is 19.1 Å². The monoisotopic (exact) mass is 333 g/mol. The number of aryl methyl sites for hydroxylation is 1. The van der Waals surface area contributed by atoms with Gasteiger partial charge in [0.2, 0.25) is 5.91 Å². The third-order valence-corrected chi connectivity index (χ3v) is 3.15. The molecule has 0 aliphatic carbocycles. The Morgan fingerprint density at radius 3 is 2.61 bits per heavy atom. The maximum Gasteiger partial charge on any atom is 0.258 e. The van der Waals surface area contributed by atoms with E-state index in [4.69, 9.17) is 16.3 Å². The molecule has 6 nitrogen and oxygen atoms in total. The average Bonchev–Trinajstić information content (AvgIpc) is 2.54. The highest BCUT2D eigenvalue weighted by Crippen LogP contribution is 2.15. The van der Waals surface area contributed by atoms with E-state index in [1.807, 2.05) is 13.0 Å². The van der Waals surface area contributed by atoms with Crippen molar-refractivity contribution in [2.24, 2.45) is 0 Å². The van der Waals surface area contributed by atoms with Crippen molar-refractivity contribution in [1.82, 2.24) is 10.3 Å². The SMILES string of the molecule is Cc1cccnc1NC(=O)CNC(=O)COc1ccc(Cl)cc1. The lowest BCUT2D eigenvalue weighted by Crippen LogP contribution is -2.36. The van der Waals surface area contributed by atoms with Crippen LogP contribution >= 0.6 is 11.6 Å². The third-order valence-electron chi connectivity index (χ3n) is 2.90. The average molecular weight is 334 g/mol. The minimum Gasteiger partial charge on any atom is -0.484 e. The molecule has 23 heavy (non-hydrogen) atoms. The molecule has 0 unspecified atom stereocenters. The molecule has 1 aromatic carbocycles. The molecule has 2 rings (SSSR count). The van der Waals surface area contributed by atoms with Crippen LogP contribution in [0, 0.1) is 6.92 Å². The molecule has 0 spiro atoms. The Bertz CT molecular complexity index is 689. The molecule has 0 saturated heterocycles. The zero-order valence-electron chi connectivity index (χ0n) is 12.5. The summed E-state index contributed by atoms with van der Waals surface area (Å²) in [5, 5.41) is 5.69. The van der Waals surface area contributed by atoms with Crippen molar-refractivity contribution in [3.63, 3.8) is 0 Å². The number of benzene rings is 1. The molecule has 2 N–H and O–H groups in total. The summed E-state index contributed by atoms with van der Waals surface area (Å²) in [7, 11) is 0. The summed E-state index contributed by atoms with van der Waals surface area (Å²) in [5.41, 5.74) is 0.846. The number of amides is 2. The number of rotatable bonds is 6. The Morgan fingerprint density at radius 1 is 1.17 bits per heavy atom. The van der Waals surface area contributed by atoms with Crippen LogP contribution < -0.4 is 15.4 Å². The first-order chi connectivity index (χ1) is 11.0. The second-order valence-electron chi connectivity index (χ2n) is 4.74. The number of carbonyl (C=O) groups excluding carboxylic acids is 2. The van der Waals surface area contributed by atoms with Gasteiger partial charge in [0.25, 0.3) is 5.91 Å². The maximum absolute atomic E-state index is 11.8. The zero-order valence-corrected chi connectivity index (χ0v) is 13.3. The van der Waals surface area contributed by atoms with Crippen molar-refractivity contribution < 1.29 is 14.3 Å². The maximum atomic E-state index is 11.8. The quantitative estimate of drug-likeness (QED) is 0.849. The molecule has 0 fully saturated rings. The van der Waals surface area contributed by atoms with E-state index in [1.165, 1.54) is 0 Å².